The van der Waals surface area contributed by atoms with Gasteiger partial charge in [0.1, 0.15) is 0 Å². The first-order chi connectivity index (χ1) is 8.58. The van der Waals surface area contributed by atoms with E-state index in [2.05, 4.69) is 0 Å². The first kappa shape index (κ1) is 12.3. The Hall–Kier alpha value is -2.11. The molecule has 0 amide bonds. The Morgan fingerprint density at radius 1 is 1.39 bits per heavy atom. The highest BCUT2D eigenvalue weighted by molar-refractivity contribution is 5.88. The Bertz CT molecular complexity index is 467. The maximum atomic E-state index is 10.9. The number of carboxylic acids is 1. The molecule has 96 valence electrons. The average Bonchev–Trinajstić information content (AvgIpc) is 2.39. The van der Waals surface area contributed by atoms with Crippen LogP contribution in [0.3, 0.4) is 0 Å². The summed E-state index contributed by atoms with van der Waals surface area (Å²) in [6.45, 7) is 1.18. The number of aromatic carboxylic acids is 1. The summed E-state index contributed by atoms with van der Waals surface area (Å²) in [5.74, 6) is -0.961. The van der Waals surface area contributed by atoms with E-state index in [0.29, 0.717) is 25.9 Å². The van der Waals surface area contributed by atoms with Gasteiger partial charge in [0.15, 0.2) is 0 Å². The summed E-state index contributed by atoms with van der Waals surface area (Å²) in [5, 5.41) is 19.6. The molecule has 0 unspecified atom stereocenters. The maximum Gasteiger partial charge on any atom is 0.335 e. The number of carbonyl (C=O) groups is 1. The number of nitrogens with zero attached hydrogens (tertiary/aromatic N) is 2. The maximum absolute atomic E-state index is 10.9. The molecule has 1 N–H and O–H groups in total. The number of benzene rings is 1. The summed E-state index contributed by atoms with van der Waals surface area (Å²) in [6, 6.07) is 6.20. The third-order valence-corrected chi connectivity index (χ3v) is 3.22. The molecule has 0 spiro atoms. The van der Waals surface area contributed by atoms with Crippen LogP contribution in [0.25, 0.3) is 0 Å². The van der Waals surface area contributed by atoms with Crippen molar-refractivity contribution in [3.8, 4) is 0 Å². The third-order valence-electron chi connectivity index (χ3n) is 3.22. The average molecular weight is 250 g/mol. The van der Waals surface area contributed by atoms with Crippen molar-refractivity contribution in [2.75, 3.05) is 18.0 Å². The second-order valence-corrected chi connectivity index (χ2v) is 4.36. The number of hydrogen-bond donors (Lipinski definition) is 1. The zero-order valence-corrected chi connectivity index (χ0v) is 9.78. The SMILES string of the molecule is O=C(O)c1cccc(N2CCC([N+](=O)[O-])CC2)c1. The van der Waals surface area contributed by atoms with E-state index in [0.717, 1.165) is 5.69 Å². The van der Waals surface area contributed by atoms with Crippen LogP contribution in [-0.2, 0) is 0 Å². The first-order valence-electron chi connectivity index (χ1n) is 5.80. The molecule has 1 aliphatic heterocycles. The van der Waals surface area contributed by atoms with Crippen molar-refractivity contribution in [3.05, 3.63) is 39.9 Å². The fourth-order valence-electron chi connectivity index (χ4n) is 2.17. The van der Waals surface area contributed by atoms with Gasteiger partial charge in [0, 0.05) is 36.5 Å². The van der Waals surface area contributed by atoms with E-state index in [1.54, 1.807) is 12.1 Å². The Balaban J connectivity index is 2.07. The molecule has 0 atom stereocenters. The molecule has 0 bridgehead atoms. The van der Waals surface area contributed by atoms with Gasteiger partial charge < -0.3 is 10.0 Å². The molecule has 18 heavy (non-hydrogen) atoms. The van der Waals surface area contributed by atoms with Gasteiger partial charge in [0.25, 0.3) is 0 Å². The standard InChI is InChI=1S/C12H14N2O4/c15-12(16)9-2-1-3-11(8-9)13-6-4-10(5-7-13)14(17)18/h1-3,8,10H,4-7H2,(H,15,16). The van der Waals surface area contributed by atoms with Crippen LogP contribution in [0.5, 0.6) is 0 Å². The van der Waals surface area contributed by atoms with Gasteiger partial charge in [-0.3, -0.25) is 10.1 Å². The number of rotatable bonds is 3. The molecular formula is C12H14N2O4. The molecule has 6 nitrogen and oxygen atoms in total. The van der Waals surface area contributed by atoms with Crippen molar-refractivity contribution < 1.29 is 14.8 Å². The molecule has 2 rings (SSSR count). The minimum absolute atomic E-state index is 0.231. The summed E-state index contributed by atoms with van der Waals surface area (Å²) in [4.78, 5) is 23.3. The molecule has 1 aliphatic rings. The lowest BCUT2D eigenvalue weighted by Gasteiger charge is -2.30. The summed E-state index contributed by atoms with van der Waals surface area (Å²) in [7, 11) is 0. The van der Waals surface area contributed by atoms with E-state index in [1.807, 2.05) is 11.0 Å². The Kier molecular flexibility index (Phi) is 3.45. The van der Waals surface area contributed by atoms with Crippen LogP contribution < -0.4 is 4.90 Å². The number of anilines is 1. The molecule has 0 aromatic heterocycles. The minimum atomic E-state index is -0.961. The first-order valence-corrected chi connectivity index (χ1v) is 5.80. The van der Waals surface area contributed by atoms with Gasteiger partial charge in [0.2, 0.25) is 6.04 Å². The molecule has 1 aromatic rings. The van der Waals surface area contributed by atoms with E-state index in [9.17, 15) is 14.9 Å². The van der Waals surface area contributed by atoms with Crippen LogP contribution in [0.4, 0.5) is 5.69 Å². The van der Waals surface area contributed by atoms with Crippen LogP contribution in [0, 0.1) is 10.1 Å². The number of nitro groups is 1. The predicted octanol–water partition coefficient (Wildman–Crippen LogP) is 1.63. The summed E-state index contributed by atoms with van der Waals surface area (Å²) in [5.41, 5.74) is 1.06. The van der Waals surface area contributed by atoms with Gasteiger partial charge in [-0.2, -0.15) is 0 Å². The third kappa shape index (κ3) is 2.58. The monoisotopic (exact) mass is 250 g/mol. The lowest BCUT2D eigenvalue weighted by Crippen LogP contribution is -2.39. The van der Waals surface area contributed by atoms with Crippen molar-refractivity contribution in [2.45, 2.75) is 18.9 Å². The van der Waals surface area contributed by atoms with E-state index < -0.39 is 12.0 Å². The molecule has 0 saturated carbocycles. The highest BCUT2D eigenvalue weighted by atomic mass is 16.6. The van der Waals surface area contributed by atoms with E-state index in [-0.39, 0.29) is 10.5 Å². The van der Waals surface area contributed by atoms with Crippen molar-refractivity contribution >= 4 is 11.7 Å². The zero-order chi connectivity index (χ0) is 13.1. The fraction of sp³-hybridized carbons (Fsp3) is 0.417. The summed E-state index contributed by atoms with van der Waals surface area (Å²) in [6.07, 6.45) is 1.01. The van der Waals surface area contributed by atoms with Crippen molar-refractivity contribution in [3.63, 3.8) is 0 Å². The zero-order valence-electron chi connectivity index (χ0n) is 9.78. The van der Waals surface area contributed by atoms with Crippen molar-refractivity contribution in [1.29, 1.82) is 0 Å². The van der Waals surface area contributed by atoms with Gasteiger partial charge in [-0.25, -0.2) is 4.79 Å². The van der Waals surface area contributed by atoms with Gasteiger partial charge in [-0.15, -0.1) is 0 Å². The predicted molar refractivity (Wildman–Crippen MR) is 65.6 cm³/mol. The van der Waals surface area contributed by atoms with Crippen LogP contribution in [0.1, 0.15) is 23.2 Å². The van der Waals surface area contributed by atoms with E-state index in [1.165, 1.54) is 6.07 Å². The van der Waals surface area contributed by atoms with Crippen molar-refractivity contribution in [2.24, 2.45) is 0 Å². The van der Waals surface area contributed by atoms with Crippen LogP contribution in [0.15, 0.2) is 24.3 Å². The summed E-state index contributed by atoms with van der Waals surface area (Å²) >= 11 is 0. The lowest BCUT2D eigenvalue weighted by atomic mass is 10.0. The topological polar surface area (TPSA) is 83.7 Å². The van der Waals surface area contributed by atoms with Crippen LogP contribution >= 0.6 is 0 Å². The molecule has 1 fully saturated rings. The number of carboxylic acid groups (broad SMARTS) is 1. The van der Waals surface area contributed by atoms with Gasteiger partial charge in [-0.1, -0.05) is 6.07 Å². The highest BCUT2D eigenvalue weighted by Crippen LogP contribution is 2.22. The highest BCUT2D eigenvalue weighted by Gasteiger charge is 2.27. The minimum Gasteiger partial charge on any atom is -0.478 e. The molecule has 1 saturated heterocycles. The molecule has 6 heteroatoms. The normalized spacial score (nSPS) is 16.6. The quantitative estimate of drug-likeness (QED) is 0.651. The molecule has 0 radical (unpaired) electrons. The largest absolute Gasteiger partial charge is 0.478 e. The number of hydrogen-bond acceptors (Lipinski definition) is 4. The second kappa shape index (κ2) is 5.03. The lowest BCUT2D eigenvalue weighted by molar-refractivity contribution is -0.524. The number of piperidine rings is 1. The Labute approximate surface area is 104 Å². The van der Waals surface area contributed by atoms with Gasteiger partial charge >= 0.3 is 5.97 Å². The van der Waals surface area contributed by atoms with Crippen molar-refractivity contribution in [1.82, 2.24) is 0 Å². The molecule has 1 aromatic carbocycles. The second-order valence-electron chi connectivity index (χ2n) is 4.36. The van der Waals surface area contributed by atoms with Gasteiger partial charge in [-0.05, 0) is 18.2 Å². The molecule has 0 aliphatic carbocycles. The molecular weight excluding hydrogens is 236 g/mol. The van der Waals surface area contributed by atoms with Crippen LogP contribution in [-0.4, -0.2) is 35.1 Å². The fourth-order valence-corrected chi connectivity index (χ4v) is 2.17. The molecule has 1 heterocycles. The van der Waals surface area contributed by atoms with E-state index in [4.69, 9.17) is 5.11 Å². The van der Waals surface area contributed by atoms with Crippen LogP contribution in [0.2, 0.25) is 0 Å². The Morgan fingerprint density at radius 2 is 2.06 bits per heavy atom. The Morgan fingerprint density at radius 3 is 2.61 bits per heavy atom. The summed E-state index contributed by atoms with van der Waals surface area (Å²) < 4.78 is 0. The smallest absolute Gasteiger partial charge is 0.335 e. The van der Waals surface area contributed by atoms with E-state index >= 15 is 0 Å². The van der Waals surface area contributed by atoms with Gasteiger partial charge in [0.05, 0.1) is 5.56 Å².